The minimum atomic E-state index is -0.541. The van der Waals surface area contributed by atoms with E-state index in [9.17, 15) is 15.0 Å². The number of nitrogens with one attached hydrogen (secondary N) is 1. The third-order valence-electron chi connectivity index (χ3n) is 2.38. The van der Waals surface area contributed by atoms with Gasteiger partial charge in [-0.05, 0) is 18.2 Å². The quantitative estimate of drug-likeness (QED) is 0.322. The molecule has 1 aromatic heterocycles. The molecule has 0 aliphatic rings. The summed E-state index contributed by atoms with van der Waals surface area (Å²) in [5.41, 5.74) is 2.09. The van der Waals surface area contributed by atoms with Gasteiger partial charge in [-0.3, -0.25) is 9.99 Å². The Kier molecular flexibility index (Phi) is 2.86. The minimum Gasteiger partial charge on any atom is -0.504 e. The van der Waals surface area contributed by atoms with Gasteiger partial charge in [0.05, 0.1) is 0 Å². The topological polar surface area (TPSA) is 126 Å². The molecule has 8 heteroatoms. The number of hydrazine groups is 1. The van der Waals surface area contributed by atoms with Crippen LogP contribution in [0.25, 0.3) is 11.4 Å². The zero-order chi connectivity index (χ0) is 13.3. The van der Waals surface area contributed by atoms with Crippen molar-refractivity contribution in [2.45, 2.75) is 0 Å². The maximum absolute atomic E-state index is 11.5. The van der Waals surface area contributed by atoms with E-state index in [4.69, 9.17) is 5.84 Å². The number of hydrogen-bond acceptors (Lipinski definition) is 7. The first-order valence-corrected chi connectivity index (χ1v) is 4.97. The standard InChI is InChI=1S/C10H11N5O3/c1-15-8(12-9(14-11)13-10(15)18)5-2-3-6(16)7(17)4-5/h2-4,16-17H,11H2,1H3,(H,13,14,18). The molecule has 0 fully saturated rings. The summed E-state index contributed by atoms with van der Waals surface area (Å²) in [5.74, 6) is 4.83. The summed E-state index contributed by atoms with van der Waals surface area (Å²) < 4.78 is 1.20. The normalized spacial score (nSPS) is 10.3. The highest BCUT2D eigenvalue weighted by Crippen LogP contribution is 2.29. The predicted molar refractivity (Wildman–Crippen MR) is 63.8 cm³/mol. The highest BCUT2D eigenvalue weighted by Gasteiger charge is 2.10. The summed E-state index contributed by atoms with van der Waals surface area (Å²) in [6.07, 6.45) is 0. The van der Waals surface area contributed by atoms with Gasteiger partial charge in [-0.15, -0.1) is 0 Å². The van der Waals surface area contributed by atoms with E-state index >= 15 is 0 Å². The van der Waals surface area contributed by atoms with Crippen molar-refractivity contribution in [3.8, 4) is 22.9 Å². The first-order chi connectivity index (χ1) is 8.52. The number of aromatic hydroxyl groups is 2. The third kappa shape index (κ3) is 1.96. The smallest absolute Gasteiger partial charge is 0.352 e. The number of phenols is 2. The van der Waals surface area contributed by atoms with Crippen molar-refractivity contribution in [2.24, 2.45) is 12.9 Å². The van der Waals surface area contributed by atoms with Crippen LogP contribution in [-0.2, 0) is 7.05 Å². The van der Waals surface area contributed by atoms with Gasteiger partial charge < -0.3 is 10.2 Å². The number of rotatable bonds is 2. The van der Waals surface area contributed by atoms with Gasteiger partial charge in [-0.1, -0.05) is 0 Å². The molecule has 0 atom stereocenters. The molecule has 0 aliphatic carbocycles. The van der Waals surface area contributed by atoms with Crippen molar-refractivity contribution in [2.75, 3.05) is 5.43 Å². The fraction of sp³-hybridized carbons (Fsp3) is 0.100. The Morgan fingerprint density at radius 1 is 1.28 bits per heavy atom. The van der Waals surface area contributed by atoms with Crippen LogP contribution in [0.5, 0.6) is 11.5 Å². The third-order valence-corrected chi connectivity index (χ3v) is 2.38. The highest BCUT2D eigenvalue weighted by molar-refractivity contribution is 5.61. The van der Waals surface area contributed by atoms with Gasteiger partial charge in [-0.2, -0.15) is 9.97 Å². The lowest BCUT2D eigenvalue weighted by molar-refractivity contribution is 0.404. The van der Waals surface area contributed by atoms with Gasteiger partial charge in [0.15, 0.2) is 11.5 Å². The second-order valence-corrected chi connectivity index (χ2v) is 3.56. The summed E-state index contributed by atoms with van der Waals surface area (Å²) >= 11 is 0. The molecule has 0 unspecified atom stereocenters. The monoisotopic (exact) mass is 249 g/mol. The molecule has 0 bridgehead atoms. The predicted octanol–water partition coefficient (Wildman–Crippen LogP) is -0.461. The number of anilines is 1. The molecule has 0 saturated carbocycles. The van der Waals surface area contributed by atoms with E-state index in [1.54, 1.807) is 0 Å². The highest BCUT2D eigenvalue weighted by atomic mass is 16.3. The molecule has 2 aromatic rings. The van der Waals surface area contributed by atoms with Gasteiger partial charge in [-0.25, -0.2) is 10.6 Å². The van der Waals surface area contributed by atoms with E-state index in [1.807, 2.05) is 0 Å². The van der Waals surface area contributed by atoms with Crippen molar-refractivity contribution in [1.29, 1.82) is 0 Å². The van der Waals surface area contributed by atoms with Gasteiger partial charge >= 0.3 is 5.69 Å². The number of nitrogen functional groups attached to an aromatic ring is 1. The Labute approximate surface area is 101 Å². The number of aromatic nitrogens is 3. The molecular formula is C10H11N5O3. The van der Waals surface area contributed by atoms with Gasteiger partial charge in [0.1, 0.15) is 5.82 Å². The van der Waals surface area contributed by atoms with E-state index in [0.29, 0.717) is 5.56 Å². The fourth-order valence-corrected chi connectivity index (χ4v) is 1.44. The minimum absolute atomic E-state index is 0.0272. The Balaban J connectivity index is 2.66. The SMILES string of the molecule is Cn1c(-c2ccc(O)c(O)c2)nc(NN)nc1=O. The maximum Gasteiger partial charge on any atom is 0.352 e. The van der Waals surface area contributed by atoms with Crippen LogP contribution in [-0.4, -0.2) is 24.7 Å². The fourth-order valence-electron chi connectivity index (χ4n) is 1.44. The Bertz CT molecular complexity index is 652. The number of nitrogens with zero attached hydrogens (tertiary/aromatic N) is 3. The molecule has 8 nitrogen and oxygen atoms in total. The molecule has 2 rings (SSSR count). The number of phenolic OH excluding ortho intramolecular Hbond substituents is 2. The van der Waals surface area contributed by atoms with Crippen molar-refractivity contribution in [3.05, 3.63) is 28.7 Å². The van der Waals surface area contributed by atoms with Crippen LogP contribution in [0, 0.1) is 0 Å². The molecule has 5 N–H and O–H groups in total. The van der Waals surface area contributed by atoms with Crippen molar-refractivity contribution < 1.29 is 10.2 Å². The summed E-state index contributed by atoms with van der Waals surface area (Å²) in [5, 5.41) is 18.7. The maximum atomic E-state index is 11.5. The average Bonchev–Trinajstić information content (AvgIpc) is 2.36. The Morgan fingerprint density at radius 2 is 2.00 bits per heavy atom. The molecule has 0 radical (unpaired) electrons. The molecule has 18 heavy (non-hydrogen) atoms. The lowest BCUT2D eigenvalue weighted by atomic mass is 10.2. The molecule has 0 spiro atoms. The Hall–Kier alpha value is -2.61. The summed E-state index contributed by atoms with van der Waals surface area (Å²) in [6.45, 7) is 0. The molecule has 1 heterocycles. The molecule has 0 saturated heterocycles. The zero-order valence-corrected chi connectivity index (χ0v) is 9.45. The molecule has 0 amide bonds. The van der Waals surface area contributed by atoms with Crippen LogP contribution in [0.4, 0.5) is 5.95 Å². The van der Waals surface area contributed by atoms with E-state index in [1.165, 1.54) is 29.8 Å². The number of benzene rings is 1. The van der Waals surface area contributed by atoms with Crippen molar-refractivity contribution in [1.82, 2.24) is 14.5 Å². The number of hydrogen-bond donors (Lipinski definition) is 4. The summed E-state index contributed by atoms with van der Waals surface area (Å²) in [7, 11) is 1.49. The largest absolute Gasteiger partial charge is 0.504 e. The number of nitrogens with two attached hydrogens (primary N) is 1. The van der Waals surface area contributed by atoms with Gasteiger partial charge in [0.2, 0.25) is 5.95 Å². The van der Waals surface area contributed by atoms with Crippen LogP contribution >= 0.6 is 0 Å². The van der Waals surface area contributed by atoms with E-state index in [2.05, 4.69) is 15.4 Å². The van der Waals surface area contributed by atoms with Gasteiger partial charge in [0.25, 0.3) is 0 Å². The first-order valence-electron chi connectivity index (χ1n) is 4.97. The van der Waals surface area contributed by atoms with Crippen LogP contribution < -0.4 is 17.0 Å². The van der Waals surface area contributed by atoms with E-state index in [0.717, 1.165) is 0 Å². The molecule has 94 valence electrons. The molecular weight excluding hydrogens is 238 g/mol. The lowest BCUT2D eigenvalue weighted by Crippen LogP contribution is -2.26. The second kappa shape index (κ2) is 4.34. The zero-order valence-electron chi connectivity index (χ0n) is 9.45. The van der Waals surface area contributed by atoms with Crippen molar-refractivity contribution in [3.63, 3.8) is 0 Å². The van der Waals surface area contributed by atoms with Crippen LogP contribution in [0.1, 0.15) is 0 Å². The van der Waals surface area contributed by atoms with Gasteiger partial charge in [0, 0.05) is 12.6 Å². The van der Waals surface area contributed by atoms with E-state index in [-0.39, 0.29) is 23.3 Å². The average molecular weight is 249 g/mol. The Morgan fingerprint density at radius 3 is 2.61 bits per heavy atom. The van der Waals surface area contributed by atoms with Crippen LogP contribution in [0.15, 0.2) is 23.0 Å². The summed E-state index contributed by atoms with van der Waals surface area (Å²) in [4.78, 5) is 19.1. The molecule has 0 aliphatic heterocycles. The summed E-state index contributed by atoms with van der Waals surface area (Å²) in [6, 6.07) is 4.10. The van der Waals surface area contributed by atoms with Crippen LogP contribution in [0.3, 0.4) is 0 Å². The lowest BCUT2D eigenvalue weighted by Gasteiger charge is -2.08. The second-order valence-electron chi connectivity index (χ2n) is 3.56. The first kappa shape index (κ1) is 11.9. The van der Waals surface area contributed by atoms with E-state index < -0.39 is 5.69 Å². The van der Waals surface area contributed by atoms with Crippen LogP contribution in [0.2, 0.25) is 0 Å². The van der Waals surface area contributed by atoms with Crippen molar-refractivity contribution >= 4 is 5.95 Å². The molecule has 1 aromatic carbocycles.